The zero-order chi connectivity index (χ0) is 17.8. The standard InChI is InChI=1S/C15H12FN3O3S3/c1-2-22-12(20)7-23-15-19-18-14(25-15)17-13(21)11-6-8-5-9(16)3-4-10(8)24-11/h3-6H,2,7H2,1H3,(H,17,18,21). The second-order valence-electron chi connectivity index (χ2n) is 4.71. The summed E-state index contributed by atoms with van der Waals surface area (Å²) >= 11 is 3.64. The van der Waals surface area contributed by atoms with Gasteiger partial charge in [-0.05, 0) is 36.6 Å². The molecule has 0 unspecified atom stereocenters. The molecule has 0 bridgehead atoms. The van der Waals surface area contributed by atoms with Crippen molar-refractivity contribution >= 4 is 61.5 Å². The van der Waals surface area contributed by atoms with Crippen LogP contribution >= 0.6 is 34.4 Å². The van der Waals surface area contributed by atoms with Gasteiger partial charge in [-0.1, -0.05) is 23.1 Å². The molecular formula is C15H12FN3O3S3. The van der Waals surface area contributed by atoms with Gasteiger partial charge in [-0.25, -0.2) is 4.39 Å². The molecule has 25 heavy (non-hydrogen) atoms. The molecule has 0 atom stereocenters. The molecule has 0 spiro atoms. The summed E-state index contributed by atoms with van der Waals surface area (Å²) in [4.78, 5) is 24.1. The average molecular weight is 397 g/mol. The van der Waals surface area contributed by atoms with E-state index in [1.54, 1.807) is 19.1 Å². The Morgan fingerprint density at radius 2 is 2.12 bits per heavy atom. The lowest BCUT2D eigenvalue weighted by atomic mass is 10.2. The minimum Gasteiger partial charge on any atom is -0.465 e. The zero-order valence-electron chi connectivity index (χ0n) is 12.9. The van der Waals surface area contributed by atoms with Crippen molar-refractivity contribution in [3.05, 3.63) is 35.0 Å². The number of hydrogen-bond acceptors (Lipinski definition) is 8. The molecule has 130 valence electrons. The summed E-state index contributed by atoms with van der Waals surface area (Å²) in [6.45, 7) is 2.07. The molecule has 0 saturated heterocycles. The predicted octanol–water partition coefficient (Wildman–Crippen LogP) is 3.80. The number of nitrogens with zero attached hydrogens (tertiary/aromatic N) is 2. The van der Waals surface area contributed by atoms with Gasteiger partial charge in [0.25, 0.3) is 5.91 Å². The number of halogens is 1. The Hall–Kier alpha value is -2.04. The smallest absolute Gasteiger partial charge is 0.316 e. The molecule has 0 radical (unpaired) electrons. The zero-order valence-corrected chi connectivity index (χ0v) is 15.4. The van der Waals surface area contributed by atoms with Crippen LogP contribution < -0.4 is 5.32 Å². The number of esters is 1. The predicted molar refractivity (Wildman–Crippen MR) is 97.0 cm³/mol. The maximum Gasteiger partial charge on any atom is 0.316 e. The quantitative estimate of drug-likeness (QED) is 0.387. The third kappa shape index (κ3) is 4.53. The molecule has 0 aliphatic rings. The number of ether oxygens (including phenoxy) is 1. The molecule has 0 aliphatic heterocycles. The van der Waals surface area contributed by atoms with E-state index in [0.717, 1.165) is 4.70 Å². The Kier molecular flexibility index (Phi) is 5.61. The van der Waals surface area contributed by atoms with E-state index in [1.165, 1.54) is 46.6 Å². The number of thioether (sulfide) groups is 1. The summed E-state index contributed by atoms with van der Waals surface area (Å²) in [5.41, 5.74) is 0. The van der Waals surface area contributed by atoms with Crippen molar-refractivity contribution in [2.75, 3.05) is 17.7 Å². The monoisotopic (exact) mass is 397 g/mol. The van der Waals surface area contributed by atoms with Crippen LogP contribution in [0.1, 0.15) is 16.6 Å². The van der Waals surface area contributed by atoms with Crippen molar-refractivity contribution in [3.8, 4) is 0 Å². The van der Waals surface area contributed by atoms with E-state index in [1.807, 2.05) is 0 Å². The minimum absolute atomic E-state index is 0.137. The van der Waals surface area contributed by atoms with E-state index >= 15 is 0 Å². The Labute approximate surface area is 154 Å². The van der Waals surface area contributed by atoms with E-state index in [9.17, 15) is 14.0 Å². The molecule has 2 aromatic heterocycles. The normalized spacial score (nSPS) is 10.8. The van der Waals surface area contributed by atoms with Crippen LogP contribution in [0.25, 0.3) is 10.1 Å². The summed E-state index contributed by atoms with van der Waals surface area (Å²) in [7, 11) is 0. The van der Waals surface area contributed by atoms with Crippen LogP contribution in [0.5, 0.6) is 0 Å². The summed E-state index contributed by atoms with van der Waals surface area (Å²) in [5.74, 6) is -0.867. The van der Waals surface area contributed by atoms with Crippen molar-refractivity contribution in [2.24, 2.45) is 0 Å². The second-order valence-corrected chi connectivity index (χ2v) is 8.00. The number of aromatic nitrogens is 2. The third-order valence-corrected chi connectivity index (χ3v) is 6.01. The lowest BCUT2D eigenvalue weighted by molar-refractivity contribution is -0.139. The second kappa shape index (κ2) is 7.89. The third-order valence-electron chi connectivity index (χ3n) is 2.95. The number of hydrogen-bond donors (Lipinski definition) is 1. The van der Waals surface area contributed by atoms with Crippen LogP contribution in [0, 0.1) is 5.82 Å². The number of amides is 1. The summed E-state index contributed by atoms with van der Waals surface area (Å²) < 4.78 is 19.4. The highest BCUT2D eigenvalue weighted by molar-refractivity contribution is 8.01. The van der Waals surface area contributed by atoms with Crippen LogP contribution in [0.4, 0.5) is 9.52 Å². The molecule has 2 heterocycles. The number of rotatable bonds is 6. The van der Waals surface area contributed by atoms with Gasteiger partial charge in [0.15, 0.2) is 4.34 Å². The van der Waals surface area contributed by atoms with Crippen LogP contribution in [0.2, 0.25) is 0 Å². The molecule has 1 amide bonds. The highest BCUT2D eigenvalue weighted by atomic mass is 32.2. The topological polar surface area (TPSA) is 81.2 Å². The first kappa shape index (κ1) is 17.8. The molecule has 6 nitrogen and oxygen atoms in total. The fourth-order valence-corrected chi connectivity index (χ4v) is 4.41. The molecule has 1 N–H and O–H groups in total. The van der Waals surface area contributed by atoms with Crippen molar-refractivity contribution in [2.45, 2.75) is 11.3 Å². The first-order valence-electron chi connectivity index (χ1n) is 7.17. The number of carbonyl (C=O) groups is 2. The number of fused-ring (bicyclic) bond motifs is 1. The van der Waals surface area contributed by atoms with Crippen molar-refractivity contribution in [1.29, 1.82) is 0 Å². The van der Waals surface area contributed by atoms with Crippen LogP contribution in [-0.4, -0.2) is 34.4 Å². The molecule has 3 rings (SSSR count). The van der Waals surface area contributed by atoms with Crippen molar-refractivity contribution in [1.82, 2.24) is 10.2 Å². The molecular weight excluding hydrogens is 385 g/mol. The molecule has 10 heteroatoms. The molecule has 0 fully saturated rings. The van der Waals surface area contributed by atoms with Gasteiger partial charge in [-0.15, -0.1) is 21.5 Å². The van der Waals surface area contributed by atoms with Gasteiger partial charge in [0, 0.05) is 4.70 Å². The van der Waals surface area contributed by atoms with Crippen LogP contribution in [0.3, 0.4) is 0 Å². The van der Waals surface area contributed by atoms with Gasteiger partial charge in [-0.2, -0.15) is 0 Å². The average Bonchev–Trinajstić information content (AvgIpc) is 3.19. The van der Waals surface area contributed by atoms with Gasteiger partial charge in [0.1, 0.15) is 5.82 Å². The van der Waals surface area contributed by atoms with E-state index in [0.29, 0.717) is 26.3 Å². The van der Waals surface area contributed by atoms with Crippen molar-refractivity contribution in [3.63, 3.8) is 0 Å². The Morgan fingerprint density at radius 1 is 1.28 bits per heavy atom. The van der Waals surface area contributed by atoms with Crippen LogP contribution in [-0.2, 0) is 9.53 Å². The highest BCUT2D eigenvalue weighted by Gasteiger charge is 2.14. The minimum atomic E-state index is -0.343. The fraction of sp³-hybridized carbons (Fsp3) is 0.200. The maximum atomic E-state index is 13.2. The summed E-state index contributed by atoms with van der Waals surface area (Å²) in [5, 5.41) is 11.5. The lowest BCUT2D eigenvalue weighted by Crippen LogP contribution is -2.09. The van der Waals surface area contributed by atoms with Gasteiger partial charge >= 0.3 is 5.97 Å². The fourth-order valence-electron chi connectivity index (χ4n) is 1.93. The SMILES string of the molecule is CCOC(=O)CSc1nnc(NC(=O)c2cc3cc(F)ccc3s2)s1. The van der Waals surface area contributed by atoms with Gasteiger partial charge < -0.3 is 4.74 Å². The number of thiophene rings is 1. The van der Waals surface area contributed by atoms with Gasteiger partial charge in [0.2, 0.25) is 5.13 Å². The number of nitrogens with one attached hydrogen (secondary N) is 1. The molecule has 1 aromatic carbocycles. The number of carbonyl (C=O) groups excluding carboxylic acids is 2. The molecule has 3 aromatic rings. The van der Waals surface area contributed by atoms with E-state index in [2.05, 4.69) is 15.5 Å². The van der Waals surface area contributed by atoms with Gasteiger partial charge in [-0.3, -0.25) is 14.9 Å². The van der Waals surface area contributed by atoms with Gasteiger partial charge in [0.05, 0.1) is 17.2 Å². The van der Waals surface area contributed by atoms with E-state index in [4.69, 9.17) is 4.74 Å². The lowest BCUT2D eigenvalue weighted by Gasteiger charge is -1.98. The Balaban J connectivity index is 1.63. The Bertz CT molecular complexity index is 925. The summed E-state index contributed by atoms with van der Waals surface area (Å²) in [6.07, 6.45) is 0. The first-order chi connectivity index (χ1) is 12.0. The molecule has 0 aliphatic carbocycles. The van der Waals surface area contributed by atoms with E-state index < -0.39 is 0 Å². The Morgan fingerprint density at radius 3 is 2.92 bits per heavy atom. The largest absolute Gasteiger partial charge is 0.465 e. The number of benzene rings is 1. The highest BCUT2D eigenvalue weighted by Crippen LogP contribution is 2.29. The first-order valence-corrected chi connectivity index (χ1v) is 9.79. The summed E-state index contributed by atoms with van der Waals surface area (Å²) in [6, 6.07) is 6.02. The van der Waals surface area contributed by atoms with E-state index in [-0.39, 0.29) is 23.4 Å². The molecule has 0 saturated carbocycles. The number of anilines is 1. The van der Waals surface area contributed by atoms with Crippen molar-refractivity contribution < 1.29 is 18.7 Å². The van der Waals surface area contributed by atoms with Crippen LogP contribution in [0.15, 0.2) is 28.6 Å². The maximum absolute atomic E-state index is 13.2.